The van der Waals surface area contributed by atoms with Crippen molar-refractivity contribution in [3.05, 3.63) is 89.7 Å². The summed E-state index contributed by atoms with van der Waals surface area (Å²) in [6.07, 6.45) is 0. The molecule has 0 heterocycles. The molecule has 1 amide bonds. The Kier molecular flexibility index (Phi) is 5.38. The standard InChI is InChI=1S/C20H14FN3O3S/c21-18-9-1-2-10-19(18)24-28(26,27)17-8-4-6-15(12-17)20(25)23-16-7-3-5-14(11-16)13-22/h1-12,24H,(H,23,25). The highest BCUT2D eigenvalue weighted by Crippen LogP contribution is 2.20. The van der Waals surface area contributed by atoms with Gasteiger partial charge in [0.25, 0.3) is 15.9 Å². The number of hydrogen-bond acceptors (Lipinski definition) is 4. The molecule has 0 spiro atoms. The number of anilines is 2. The Morgan fingerprint density at radius 1 is 0.964 bits per heavy atom. The van der Waals surface area contributed by atoms with Crippen LogP contribution in [0.25, 0.3) is 0 Å². The summed E-state index contributed by atoms with van der Waals surface area (Å²) in [5.74, 6) is -1.25. The predicted octanol–water partition coefficient (Wildman–Crippen LogP) is 3.75. The van der Waals surface area contributed by atoms with E-state index in [1.54, 1.807) is 18.2 Å². The van der Waals surface area contributed by atoms with Gasteiger partial charge < -0.3 is 5.32 Å². The lowest BCUT2D eigenvalue weighted by atomic mass is 10.2. The molecule has 3 rings (SSSR count). The maximum Gasteiger partial charge on any atom is 0.262 e. The Labute approximate surface area is 161 Å². The van der Waals surface area contributed by atoms with E-state index in [0.717, 1.165) is 6.07 Å². The van der Waals surface area contributed by atoms with Gasteiger partial charge >= 0.3 is 0 Å². The Hall–Kier alpha value is -3.70. The van der Waals surface area contributed by atoms with Gasteiger partial charge in [0.05, 0.1) is 22.2 Å². The minimum atomic E-state index is -4.09. The van der Waals surface area contributed by atoms with Crippen LogP contribution in [-0.4, -0.2) is 14.3 Å². The molecule has 0 saturated carbocycles. The van der Waals surface area contributed by atoms with Crippen LogP contribution >= 0.6 is 0 Å². The number of amides is 1. The van der Waals surface area contributed by atoms with Gasteiger partial charge in [-0.1, -0.05) is 24.3 Å². The van der Waals surface area contributed by atoms with E-state index in [1.807, 2.05) is 6.07 Å². The second-order valence-corrected chi connectivity index (χ2v) is 7.44. The SMILES string of the molecule is N#Cc1cccc(NC(=O)c2cccc(S(=O)(=O)Nc3ccccc3F)c2)c1. The van der Waals surface area contributed by atoms with E-state index >= 15 is 0 Å². The highest BCUT2D eigenvalue weighted by molar-refractivity contribution is 7.92. The zero-order valence-corrected chi connectivity index (χ0v) is 15.2. The van der Waals surface area contributed by atoms with Crippen molar-refractivity contribution in [1.29, 1.82) is 5.26 Å². The van der Waals surface area contributed by atoms with Crippen LogP contribution in [-0.2, 0) is 10.0 Å². The van der Waals surface area contributed by atoms with Crippen LogP contribution in [0.1, 0.15) is 15.9 Å². The van der Waals surface area contributed by atoms with Crippen LogP contribution in [0.15, 0.2) is 77.7 Å². The van der Waals surface area contributed by atoms with Gasteiger partial charge in [-0.3, -0.25) is 9.52 Å². The molecule has 3 aromatic rings. The lowest BCUT2D eigenvalue weighted by Crippen LogP contribution is -2.16. The maximum absolute atomic E-state index is 13.7. The van der Waals surface area contributed by atoms with Crippen molar-refractivity contribution in [3.8, 4) is 6.07 Å². The first-order valence-electron chi connectivity index (χ1n) is 8.08. The highest BCUT2D eigenvalue weighted by Gasteiger charge is 2.18. The third-order valence-corrected chi connectivity index (χ3v) is 5.14. The van der Waals surface area contributed by atoms with Gasteiger partial charge in [-0.15, -0.1) is 0 Å². The Morgan fingerprint density at radius 3 is 2.46 bits per heavy atom. The van der Waals surface area contributed by atoms with Crippen molar-refractivity contribution >= 4 is 27.3 Å². The molecule has 0 aliphatic carbocycles. The molecule has 0 bridgehead atoms. The van der Waals surface area contributed by atoms with E-state index in [2.05, 4.69) is 10.0 Å². The molecule has 2 N–H and O–H groups in total. The van der Waals surface area contributed by atoms with Crippen LogP contribution in [0.4, 0.5) is 15.8 Å². The fourth-order valence-electron chi connectivity index (χ4n) is 2.42. The number of nitrogens with zero attached hydrogens (tertiary/aromatic N) is 1. The number of sulfonamides is 1. The third kappa shape index (κ3) is 4.34. The molecule has 8 heteroatoms. The first-order valence-corrected chi connectivity index (χ1v) is 9.56. The van der Waals surface area contributed by atoms with Crippen molar-refractivity contribution in [1.82, 2.24) is 0 Å². The summed E-state index contributed by atoms with van der Waals surface area (Å²) in [5, 5.41) is 11.5. The summed E-state index contributed by atoms with van der Waals surface area (Å²) in [6, 6.07) is 19.0. The third-order valence-electron chi connectivity index (χ3n) is 3.77. The number of rotatable bonds is 5. The van der Waals surface area contributed by atoms with E-state index in [0.29, 0.717) is 11.3 Å². The zero-order chi connectivity index (χ0) is 20.1. The van der Waals surface area contributed by atoms with Gasteiger partial charge in [0, 0.05) is 11.3 Å². The Bertz CT molecular complexity index is 1190. The average Bonchev–Trinajstić information content (AvgIpc) is 2.70. The lowest BCUT2D eigenvalue weighted by molar-refractivity contribution is 0.102. The molecule has 0 saturated heterocycles. The van der Waals surface area contributed by atoms with E-state index in [1.165, 1.54) is 48.5 Å². The molecule has 0 aliphatic rings. The van der Waals surface area contributed by atoms with Gasteiger partial charge in [-0.05, 0) is 48.5 Å². The van der Waals surface area contributed by atoms with Gasteiger partial charge in [0.2, 0.25) is 0 Å². The first-order chi connectivity index (χ1) is 13.4. The van der Waals surface area contributed by atoms with Gasteiger partial charge in [0.1, 0.15) is 5.82 Å². The van der Waals surface area contributed by atoms with Gasteiger partial charge in [-0.25, -0.2) is 12.8 Å². The molecule has 3 aromatic carbocycles. The van der Waals surface area contributed by atoms with Crippen molar-refractivity contribution in [2.45, 2.75) is 4.90 Å². The summed E-state index contributed by atoms with van der Waals surface area (Å²) < 4.78 is 40.9. The number of carbonyl (C=O) groups excluding carboxylic acids is 1. The van der Waals surface area contributed by atoms with E-state index in [9.17, 15) is 17.6 Å². The van der Waals surface area contributed by atoms with Crippen LogP contribution in [0.3, 0.4) is 0 Å². The monoisotopic (exact) mass is 395 g/mol. The molecular formula is C20H14FN3O3S. The molecule has 0 aromatic heterocycles. The van der Waals surface area contributed by atoms with E-state index in [4.69, 9.17) is 5.26 Å². The minimum absolute atomic E-state index is 0.0961. The van der Waals surface area contributed by atoms with Crippen LogP contribution in [0, 0.1) is 17.1 Å². The largest absolute Gasteiger partial charge is 0.322 e. The van der Waals surface area contributed by atoms with Gasteiger partial charge in [-0.2, -0.15) is 5.26 Å². The van der Waals surface area contributed by atoms with Crippen molar-refractivity contribution in [2.75, 3.05) is 10.0 Å². The smallest absolute Gasteiger partial charge is 0.262 e. The molecule has 0 aliphatic heterocycles. The molecule has 0 atom stereocenters. The number of benzene rings is 3. The van der Waals surface area contributed by atoms with Crippen molar-refractivity contribution in [2.24, 2.45) is 0 Å². The van der Waals surface area contributed by atoms with Crippen LogP contribution in [0.5, 0.6) is 0 Å². The zero-order valence-electron chi connectivity index (χ0n) is 14.4. The molecule has 28 heavy (non-hydrogen) atoms. The summed E-state index contributed by atoms with van der Waals surface area (Å²) >= 11 is 0. The number of para-hydroxylation sites is 1. The summed E-state index contributed by atoms with van der Waals surface area (Å²) in [5.41, 5.74) is 0.689. The number of nitrogens with one attached hydrogen (secondary N) is 2. The first kappa shape index (κ1) is 19.1. The molecule has 0 unspecified atom stereocenters. The maximum atomic E-state index is 13.7. The normalized spacial score (nSPS) is 10.7. The minimum Gasteiger partial charge on any atom is -0.322 e. The quantitative estimate of drug-likeness (QED) is 0.687. The molecule has 0 fully saturated rings. The van der Waals surface area contributed by atoms with Crippen molar-refractivity contribution < 1.29 is 17.6 Å². The van der Waals surface area contributed by atoms with Crippen molar-refractivity contribution in [3.63, 3.8) is 0 Å². The second-order valence-electron chi connectivity index (χ2n) is 5.76. The predicted molar refractivity (Wildman–Crippen MR) is 103 cm³/mol. The van der Waals surface area contributed by atoms with Gasteiger partial charge in [0.15, 0.2) is 0 Å². The number of halogens is 1. The fraction of sp³-hybridized carbons (Fsp3) is 0. The fourth-order valence-corrected chi connectivity index (χ4v) is 3.53. The number of hydrogen-bond donors (Lipinski definition) is 2. The topological polar surface area (TPSA) is 99.1 Å². The lowest BCUT2D eigenvalue weighted by Gasteiger charge is -2.10. The van der Waals surface area contributed by atoms with Crippen LogP contribution < -0.4 is 10.0 Å². The second kappa shape index (κ2) is 7.90. The number of nitriles is 1. The molecule has 140 valence electrons. The average molecular weight is 395 g/mol. The van der Waals surface area contributed by atoms with E-state index in [-0.39, 0.29) is 16.1 Å². The molecular weight excluding hydrogens is 381 g/mol. The van der Waals surface area contributed by atoms with E-state index < -0.39 is 21.7 Å². The molecule has 6 nitrogen and oxygen atoms in total. The van der Waals surface area contributed by atoms with Crippen LogP contribution in [0.2, 0.25) is 0 Å². The summed E-state index contributed by atoms with van der Waals surface area (Å²) in [4.78, 5) is 12.3. The Balaban J connectivity index is 1.84. The number of carbonyl (C=O) groups is 1. The summed E-state index contributed by atoms with van der Waals surface area (Å²) in [6.45, 7) is 0. The highest BCUT2D eigenvalue weighted by atomic mass is 32.2. The molecule has 0 radical (unpaired) electrons. The summed E-state index contributed by atoms with van der Waals surface area (Å²) in [7, 11) is -4.09. The Morgan fingerprint density at radius 2 is 1.71 bits per heavy atom.